The molecular formula is C19H28N2. The van der Waals surface area contributed by atoms with E-state index in [2.05, 4.69) is 67.2 Å². The standard InChI is InChI=1S/C19H28N2/c1-5-10-16(4)21-14-18(15(3)6-2)20-13-19(21)17-11-8-7-9-12-17/h1,7-9,11-12,15-16,18-20H,6,10,13-14H2,2-4H3. The summed E-state index contributed by atoms with van der Waals surface area (Å²) < 4.78 is 0. The van der Waals surface area contributed by atoms with Gasteiger partial charge in [0.15, 0.2) is 0 Å². The van der Waals surface area contributed by atoms with Crippen LogP contribution in [0.2, 0.25) is 0 Å². The van der Waals surface area contributed by atoms with Gasteiger partial charge in [-0.3, -0.25) is 4.90 Å². The maximum absolute atomic E-state index is 5.55. The van der Waals surface area contributed by atoms with Gasteiger partial charge in [0.1, 0.15) is 0 Å². The van der Waals surface area contributed by atoms with Crippen LogP contribution in [0.3, 0.4) is 0 Å². The first-order valence-electron chi connectivity index (χ1n) is 8.14. The average molecular weight is 284 g/mol. The quantitative estimate of drug-likeness (QED) is 0.833. The predicted octanol–water partition coefficient (Wildman–Crippen LogP) is 3.46. The average Bonchev–Trinajstić information content (AvgIpc) is 2.54. The maximum atomic E-state index is 5.55. The Balaban J connectivity index is 2.18. The highest BCUT2D eigenvalue weighted by molar-refractivity contribution is 5.21. The van der Waals surface area contributed by atoms with Crippen LogP contribution in [0.15, 0.2) is 30.3 Å². The molecule has 1 saturated heterocycles. The summed E-state index contributed by atoms with van der Waals surface area (Å²) in [5.41, 5.74) is 1.39. The first kappa shape index (κ1) is 16.1. The minimum atomic E-state index is 0.425. The number of rotatable bonds is 5. The summed E-state index contributed by atoms with van der Waals surface area (Å²) >= 11 is 0. The Hall–Kier alpha value is -1.30. The highest BCUT2D eigenvalue weighted by Crippen LogP contribution is 2.28. The van der Waals surface area contributed by atoms with Gasteiger partial charge in [-0.1, -0.05) is 50.6 Å². The lowest BCUT2D eigenvalue weighted by Crippen LogP contribution is -2.56. The van der Waals surface area contributed by atoms with Gasteiger partial charge in [0.05, 0.1) is 0 Å². The molecule has 1 aromatic rings. The molecule has 2 nitrogen and oxygen atoms in total. The molecule has 4 unspecified atom stereocenters. The van der Waals surface area contributed by atoms with Crippen LogP contribution in [0.5, 0.6) is 0 Å². The van der Waals surface area contributed by atoms with Crippen molar-refractivity contribution in [3.05, 3.63) is 35.9 Å². The van der Waals surface area contributed by atoms with E-state index in [-0.39, 0.29) is 0 Å². The molecule has 0 aliphatic carbocycles. The Kier molecular flexibility index (Phi) is 5.85. The van der Waals surface area contributed by atoms with E-state index in [1.165, 1.54) is 12.0 Å². The first-order chi connectivity index (χ1) is 10.2. The monoisotopic (exact) mass is 284 g/mol. The normalized spacial score (nSPS) is 26.0. The van der Waals surface area contributed by atoms with E-state index in [4.69, 9.17) is 6.42 Å². The van der Waals surface area contributed by atoms with Gasteiger partial charge in [0, 0.05) is 37.6 Å². The molecule has 1 fully saturated rings. The minimum absolute atomic E-state index is 0.425. The number of nitrogens with one attached hydrogen (secondary N) is 1. The summed E-state index contributed by atoms with van der Waals surface area (Å²) in [5.74, 6) is 3.53. The second-order valence-electron chi connectivity index (χ2n) is 6.28. The number of nitrogens with zero attached hydrogens (tertiary/aromatic N) is 1. The SMILES string of the molecule is C#CCC(C)N1CC(C(C)CC)NCC1c1ccccc1. The third kappa shape index (κ3) is 3.87. The predicted molar refractivity (Wildman–Crippen MR) is 90.0 cm³/mol. The van der Waals surface area contributed by atoms with E-state index in [1.54, 1.807) is 0 Å². The molecule has 2 rings (SSSR count). The van der Waals surface area contributed by atoms with Crippen LogP contribution in [-0.4, -0.2) is 30.1 Å². The van der Waals surface area contributed by atoms with E-state index >= 15 is 0 Å². The Labute approximate surface area is 129 Å². The van der Waals surface area contributed by atoms with Crippen molar-refractivity contribution in [2.75, 3.05) is 13.1 Å². The van der Waals surface area contributed by atoms with Crippen molar-refractivity contribution in [2.24, 2.45) is 5.92 Å². The molecule has 0 saturated carbocycles. The molecule has 0 radical (unpaired) electrons. The van der Waals surface area contributed by atoms with E-state index in [0.29, 0.717) is 24.0 Å². The molecule has 1 N–H and O–H groups in total. The molecule has 1 aromatic carbocycles. The lowest BCUT2D eigenvalue weighted by atomic mass is 9.92. The van der Waals surface area contributed by atoms with Crippen LogP contribution in [-0.2, 0) is 0 Å². The van der Waals surface area contributed by atoms with Gasteiger partial charge in [-0.2, -0.15) is 0 Å². The van der Waals surface area contributed by atoms with Crippen molar-refractivity contribution in [3.63, 3.8) is 0 Å². The lowest BCUT2D eigenvalue weighted by Gasteiger charge is -2.45. The molecule has 2 heteroatoms. The van der Waals surface area contributed by atoms with Gasteiger partial charge in [-0.25, -0.2) is 0 Å². The van der Waals surface area contributed by atoms with Crippen LogP contribution in [0.4, 0.5) is 0 Å². The zero-order valence-corrected chi connectivity index (χ0v) is 13.5. The van der Waals surface area contributed by atoms with Crippen LogP contribution in [0.25, 0.3) is 0 Å². The molecule has 114 valence electrons. The summed E-state index contributed by atoms with van der Waals surface area (Å²) in [5, 5.41) is 3.75. The van der Waals surface area contributed by atoms with Gasteiger partial charge in [0.25, 0.3) is 0 Å². The number of terminal acetylenes is 1. The fourth-order valence-corrected chi connectivity index (χ4v) is 3.22. The summed E-state index contributed by atoms with van der Waals surface area (Å²) in [7, 11) is 0. The van der Waals surface area contributed by atoms with Crippen LogP contribution in [0, 0.1) is 18.3 Å². The fourth-order valence-electron chi connectivity index (χ4n) is 3.22. The molecule has 1 heterocycles. The van der Waals surface area contributed by atoms with Crippen LogP contribution in [0.1, 0.15) is 45.2 Å². The minimum Gasteiger partial charge on any atom is -0.311 e. The largest absolute Gasteiger partial charge is 0.311 e. The van der Waals surface area contributed by atoms with Gasteiger partial charge in [-0.15, -0.1) is 12.3 Å². The summed E-state index contributed by atoms with van der Waals surface area (Å²) in [6.45, 7) is 8.95. The smallest absolute Gasteiger partial charge is 0.0476 e. The van der Waals surface area contributed by atoms with E-state index in [9.17, 15) is 0 Å². The van der Waals surface area contributed by atoms with Crippen LogP contribution < -0.4 is 5.32 Å². The van der Waals surface area contributed by atoms with Gasteiger partial charge in [0.2, 0.25) is 0 Å². The zero-order valence-electron chi connectivity index (χ0n) is 13.5. The molecule has 1 aliphatic rings. The zero-order chi connectivity index (χ0) is 15.2. The molecule has 0 aromatic heterocycles. The van der Waals surface area contributed by atoms with E-state index < -0.39 is 0 Å². The molecule has 0 amide bonds. The van der Waals surface area contributed by atoms with Gasteiger partial charge in [-0.05, 0) is 18.4 Å². The third-order valence-electron chi connectivity index (χ3n) is 4.88. The number of benzene rings is 1. The Morgan fingerprint density at radius 1 is 1.33 bits per heavy atom. The molecule has 1 aliphatic heterocycles. The number of piperazine rings is 1. The highest BCUT2D eigenvalue weighted by Gasteiger charge is 2.33. The number of hydrogen-bond acceptors (Lipinski definition) is 2. The Morgan fingerprint density at radius 3 is 2.67 bits per heavy atom. The van der Waals surface area contributed by atoms with Crippen molar-refractivity contribution in [2.45, 2.75) is 51.7 Å². The topological polar surface area (TPSA) is 15.3 Å². The molecule has 0 bridgehead atoms. The highest BCUT2D eigenvalue weighted by atomic mass is 15.3. The molecule has 21 heavy (non-hydrogen) atoms. The van der Waals surface area contributed by atoms with E-state index in [0.717, 1.165) is 19.5 Å². The van der Waals surface area contributed by atoms with Gasteiger partial charge < -0.3 is 5.32 Å². The van der Waals surface area contributed by atoms with Crippen LogP contribution >= 0.6 is 0 Å². The Morgan fingerprint density at radius 2 is 2.05 bits per heavy atom. The fraction of sp³-hybridized carbons (Fsp3) is 0.579. The summed E-state index contributed by atoms with van der Waals surface area (Å²) in [4.78, 5) is 2.60. The van der Waals surface area contributed by atoms with Gasteiger partial charge >= 0.3 is 0 Å². The van der Waals surface area contributed by atoms with Crippen molar-refractivity contribution in [1.82, 2.24) is 10.2 Å². The first-order valence-corrected chi connectivity index (χ1v) is 8.14. The van der Waals surface area contributed by atoms with Crippen molar-refractivity contribution < 1.29 is 0 Å². The maximum Gasteiger partial charge on any atom is 0.0476 e. The lowest BCUT2D eigenvalue weighted by molar-refractivity contribution is 0.0745. The second kappa shape index (κ2) is 7.64. The van der Waals surface area contributed by atoms with Crippen molar-refractivity contribution in [3.8, 4) is 12.3 Å². The number of hydrogen-bond donors (Lipinski definition) is 1. The third-order valence-corrected chi connectivity index (χ3v) is 4.88. The van der Waals surface area contributed by atoms with Crippen molar-refractivity contribution >= 4 is 0 Å². The molecular weight excluding hydrogens is 256 g/mol. The van der Waals surface area contributed by atoms with Crippen molar-refractivity contribution in [1.29, 1.82) is 0 Å². The Bertz CT molecular complexity index is 462. The molecule has 4 atom stereocenters. The summed E-state index contributed by atoms with van der Waals surface area (Å²) in [6.07, 6.45) is 7.58. The molecule has 0 spiro atoms. The summed E-state index contributed by atoms with van der Waals surface area (Å²) in [6, 6.07) is 12.2. The second-order valence-corrected chi connectivity index (χ2v) is 6.28. The van der Waals surface area contributed by atoms with E-state index in [1.807, 2.05) is 0 Å².